The number of likely N-dealkylation sites (tertiary alicyclic amines) is 1. The lowest BCUT2D eigenvalue weighted by Crippen LogP contribution is -2.47. The Morgan fingerprint density at radius 1 is 1.71 bits per heavy atom. The van der Waals surface area contributed by atoms with E-state index in [1.165, 1.54) is 12.5 Å². The maximum absolute atomic E-state index is 11.4. The summed E-state index contributed by atoms with van der Waals surface area (Å²) < 4.78 is 0. The molecule has 0 aromatic rings. The van der Waals surface area contributed by atoms with Gasteiger partial charge in [-0.05, 0) is 31.9 Å². The zero-order chi connectivity index (χ0) is 10.4. The van der Waals surface area contributed by atoms with Crippen LogP contribution in [0.1, 0.15) is 26.2 Å². The third-order valence-electron chi connectivity index (χ3n) is 2.59. The topological polar surface area (TPSA) is 32.3 Å². The van der Waals surface area contributed by atoms with Gasteiger partial charge in [0.1, 0.15) is 0 Å². The summed E-state index contributed by atoms with van der Waals surface area (Å²) >= 11 is 0. The van der Waals surface area contributed by atoms with Crippen LogP contribution in [-0.4, -0.2) is 36.5 Å². The number of nitrogens with zero attached hydrogens (tertiary/aromatic N) is 1. The van der Waals surface area contributed by atoms with E-state index in [4.69, 9.17) is 0 Å². The largest absolute Gasteiger partial charge is 0.338 e. The maximum atomic E-state index is 11.4. The van der Waals surface area contributed by atoms with E-state index < -0.39 is 0 Å². The summed E-state index contributed by atoms with van der Waals surface area (Å²) in [5, 5.41) is 3.45. The fraction of sp³-hybridized carbons (Fsp3) is 0.727. The second-order valence-electron chi connectivity index (χ2n) is 3.78. The summed E-state index contributed by atoms with van der Waals surface area (Å²) in [4.78, 5) is 13.2. The highest BCUT2D eigenvalue weighted by Crippen LogP contribution is 2.10. The standard InChI is InChI=1S/C11H20N2O/c1-3-7-12-10-6-5-8-13(9-10)11(14)4-2/h4,10,12H,2-3,5-9H2,1H3. The number of piperidine rings is 1. The van der Waals surface area contributed by atoms with Crippen LogP contribution in [0.4, 0.5) is 0 Å². The molecule has 1 atom stereocenters. The molecule has 3 nitrogen and oxygen atoms in total. The Hall–Kier alpha value is -0.830. The van der Waals surface area contributed by atoms with Gasteiger partial charge in [-0.25, -0.2) is 0 Å². The Morgan fingerprint density at radius 2 is 2.50 bits per heavy atom. The number of hydrogen-bond donors (Lipinski definition) is 1. The fourth-order valence-electron chi connectivity index (χ4n) is 1.82. The quantitative estimate of drug-likeness (QED) is 0.684. The molecule has 1 aliphatic heterocycles. The molecule has 1 rings (SSSR count). The zero-order valence-corrected chi connectivity index (χ0v) is 8.96. The molecule has 1 amide bonds. The second kappa shape index (κ2) is 5.81. The highest BCUT2D eigenvalue weighted by atomic mass is 16.2. The number of nitrogens with one attached hydrogen (secondary N) is 1. The first-order valence-corrected chi connectivity index (χ1v) is 5.42. The summed E-state index contributed by atoms with van der Waals surface area (Å²) in [7, 11) is 0. The van der Waals surface area contributed by atoms with E-state index in [-0.39, 0.29) is 5.91 Å². The highest BCUT2D eigenvalue weighted by molar-refractivity contribution is 5.87. The lowest BCUT2D eigenvalue weighted by molar-refractivity contribution is -0.127. The van der Waals surface area contributed by atoms with Crippen molar-refractivity contribution in [1.82, 2.24) is 10.2 Å². The summed E-state index contributed by atoms with van der Waals surface area (Å²) in [5.41, 5.74) is 0. The number of amides is 1. The Kier molecular flexibility index (Phi) is 4.66. The Balaban J connectivity index is 2.35. The third-order valence-corrected chi connectivity index (χ3v) is 2.59. The van der Waals surface area contributed by atoms with Crippen molar-refractivity contribution in [2.24, 2.45) is 0 Å². The number of carbonyl (C=O) groups excluding carboxylic acids is 1. The van der Waals surface area contributed by atoms with Crippen molar-refractivity contribution in [3.05, 3.63) is 12.7 Å². The molecule has 0 bridgehead atoms. The van der Waals surface area contributed by atoms with Gasteiger partial charge in [0.05, 0.1) is 0 Å². The summed E-state index contributed by atoms with van der Waals surface area (Å²) in [6.45, 7) is 8.43. The Morgan fingerprint density at radius 3 is 3.14 bits per heavy atom. The molecule has 1 unspecified atom stereocenters. The molecule has 1 N–H and O–H groups in total. The lowest BCUT2D eigenvalue weighted by Gasteiger charge is -2.32. The van der Waals surface area contributed by atoms with Gasteiger partial charge < -0.3 is 10.2 Å². The van der Waals surface area contributed by atoms with Gasteiger partial charge in [0, 0.05) is 19.1 Å². The molecule has 0 spiro atoms. The van der Waals surface area contributed by atoms with Crippen LogP contribution in [0.25, 0.3) is 0 Å². The van der Waals surface area contributed by atoms with Crippen molar-refractivity contribution in [2.45, 2.75) is 32.2 Å². The maximum Gasteiger partial charge on any atom is 0.246 e. The summed E-state index contributed by atoms with van der Waals surface area (Å²) in [6, 6.07) is 0.479. The Bertz CT molecular complexity index is 203. The van der Waals surface area contributed by atoms with E-state index in [9.17, 15) is 4.79 Å². The van der Waals surface area contributed by atoms with Crippen LogP contribution in [0.2, 0.25) is 0 Å². The molecule has 1 fully saturated rings. The highest BCUT2D eigenvalue weighted by Gasteiger charge is 2.21. The van der Waals surface area contributed by atoms with Crippen molar-refractivity contribution >= 4 is 5.91 Å². The van der Waals surface area contributed by atoms with Crippen molar-refractivity contribution in [1.29, 1.82) is 0 Å². The van der Waals surface area contributed by atoms with Crippen molar-refractivity contribution in [2.75, 3.05) is 19.6 Å². The van der Waals surface area contributed by atoms with E-state index in [0.717, 1.165) is 32.5 Å². The van der Waals surface area contributed by atoms with E-state index >= 15 is 0 Å². The molecule has 0 radical (unpaired) electrons. The predicted molar refractivity (Wildman–Crippen MR) is 58.1 cm³/mol. The number of rotatable bonds is 4. The molecule has 1 heterocycles. The minimum absolute atomic E-state index is 0.0630. The molecule has 14 heavy (non-hydrogen) atoms. The van der Waals surface area contributed by atoms with Crippen molar-refractivity contribution in [3.8, 4) is 0 Å². The van der Waals surface area contributed by atoms with Gasteiger partial charge in [0.15, 0.2) is 0 Å². The first kappa shape index (κ1) is 11.2. The predicted octanol–water partition coefficient (Wildman–Crippen LogP) is 1.16. The second-order valence-corrected chi connectivity index (χ2v) is 3.78. The molecule has 0 saturated carbocycles. The first-order chi connectivity index (χ1) is 6.77. The van der Waals surface area contributed by atoms with E-state index in [0.29, 0.717) is 6.04 Å². The molecular formula is C11H20N2O. The first-order valence-electron chi connectivity index (χ1n) is 5.42. The van der Waals surface area contributed by atoms with E-state index in [1.54, 1.807) is 0 Å². The summed E-state index contributed by atoms with van der Waals surface area (Å²) in [6.07, 6.45) is 4.83. The van der Waals surface area contributed by atoms with Gasteiger partial charge in [-0.2, -0.15) is 0 Å². The molecule has 1 saturated heterocycles. The number of carbonyl (C=O) groups is 1. The summed E-state index contributed by atoms with van der Waals surface area (Å²) in [5.74, 6) is 0.0630. The Labute approximate surface area is 86.2 Å². The minimum Gasteiger partial charge on any atom is -0.338 e. The zero-order valence-electron chi connectivity index (χ0n) is 8.96. The molecule has 3 heteroatoms. The van der Waals surface area contributed by atoms with Crippen molar-refractivity contribution < 1.29 is 4.79 Å². The average Bonchev–Trinajstić information content (AvgIpc) is 2.25. The van der Waals surface area contributed by atoms with E-state index in [1.807, 2.05) is 4.90 Å². The SMILES string of the molecule is C=CC(=O)N1CCCC(NCCC)C1. The van der Waals surface area contributed by atoms with Crippen molar-refractivity contribution in [3.63, 3.8) is 0 Å². The molecular weight excluding hydrogens is 176 g/mol. The molecule has 1 aliphatic rings. The minimum atomic E-state index is 0.0630. The lowest BCUT2D eigenvalue weighted by atomic mass is 10.1. The van der Waals surface area contributed by atoms with Crippen LogP contribution in [-0.2, 0) is 4.79 Å². The normalized spacial score (nSPS) is 22.1. The van der Waals surface area contributed by atoms with Crippen LogP contribution >= 0.6 is 0 Å². The monoisotopic (exact) mass is 196 g/mol. The van der Waals surface area contributed by atoms with Gasteiger partial charge in [-0.1, -0.05) is 13.5 Å². The third kappa shape index (κ3) is 3.14. The molecule has 0 aromatic heterocycles. The van der Waals surface area contributed by atoms with Crippen LogP contribution in [0.3, 0.4) is 0 Å². The average molecular weight is 196 g/mol. The molecule has 0 aliphatic carbocycles. The van der Waals surface area contributed by atoms with Crippen LogP contribution in [0, 0.1) is 0 Å². The van der Waals surface area contributed by atoms with Gasteiger partial charge in [0.2, 0.25) is 5.91 Å². The van der Waals surface area contributed by atoms with Crippen LogP contribution < -0.4 is 5.32 Å². The van der Waals surface area contributed by atoms with Gasteiger partial charge in [-0.3, -0.25) is 4.79 Å². The van der Waals surface area contributed by atoms with E-state index in [2.05, 4.69) is 18.8 Å². The fourth-order valence-corrected chi connectivity index (χ4v) is 1.82. The molecule has 0 aromatic carbocycles. The van der Waals surface area contributed by atoms with Gasteiger partial charge in [-0.15, -0.1) is 0 Å². The smallest absolute Gasteiger partial charge is 0.246 e. The van der Waals surface area contributed by atoms with Crippen LogP contribution in [0.15, 0.2) is 12.7 Å². The number of hydrogen-bond acceptors (Lipinski definition) is 2. The van der Waals surface area contributed by atoms with Gasteiger partial charge >= 0.3 is 0 Å². The van der Waals surface area contributed by atoms with Gasteiger partial charge in [0.25, 0.3) is 0 Å². The van der Waals surface area contributed by atoms with Crippen LogP contribution in [0.5, 0.6) is 0 Å². The molecule has 80 valence electrons.